The van der Waals surface area contributed by atoms with Crippen LogP contribution in [0.15, 0.2) is 0 Å². The molecule has 0 aromatic heterocycles. The van der Waals surface area contributed by atoms with Gasteiger partial charge in [0.05, 0.1) is 12.7 Å². The maximum atomic E-state index is 9.45. The van der Waals surface area contributed by atoms with Crippen LogP contribution in [0, 0.1) is 0 Å². The zero-order chi connectivity index (χ0) is 10.6. The molecule has 0 bridgehead atoms. The zero-order valence-electron chi connectivity index (χ0n) is 9.32. The number of rotatable bonds is 4. The summed E-state index contributed by atoms with van der Waals surface area (Å²) in [6, 6.07) is 1.15. The minimum absolute atomic E-state index is 0.125. The Morgan fingerprint density at radius 3 is 2.71 bits per heavy atom. The second-order valence-corrected chi connectivity index (χ2v) is 4.38. The fourth-order valence-electron chi connectivity index (χ4n) is 2.41. The van der Waals surface area contributed by atoms with Gasteiger partial charge in [0, 0.05) is 18.6 Å². The summed E-state index contributed by atoms with van der Waals surface area (Å²) in [4.78, 5) is 2.35. The molecule has 84 valence electrons. The molecule has 2 N–H and O–H groups in total. The minimum atomic E-state index is -0.579. The maximum absolute atomic E-state index is 9.45. The Labute approximate surface area is 86.7 Å². The summed E-state index contributed by atoms with van der Waals surface area (Å²) in [6.45, 7) is 4.91. The van der Waals surface area contributed by atoms with Crippen LogP contribution in [0.4, 0.5) is 0 Å². The van der Waals surface area contributed by atoms with Gasteiger partial charge in [-0.1, -0.05) is 13.3 Å². The van der Waals surface area contributed by atoms with Gasteiger partial charge < -0.3 is 10.2 Å². The van der Waals surface area contributed by atoms with Crippen LogP contribution in [0.5, 0.6) is 0 Å². The Bertz CT molecular complexity index is 163. The van der Waals surface area contributed by atoms with Gasteiger partial charge in [0.2, 0.25) is 0 Å². The van der Waals surface area contributed by atoms with E-state index in [-0.39, 0.29) is 6.61 Å². The molecule has 3 nitrogen and oxygen atoms in total. The Kier molecular flexibility index (Phi) is 4.85. The van der Waals surface area contributed by atoms with E-state index in [0.29, 0.717) is 18.6 Å². The van der Waals surface area contributed by atoms with Gasteiger partial charge in [-0.15, -0.1) is 0 Å². The van der Waals surface area contributed by atoms with Crippen LogP contribution in [0.1, 0.15) is 39.5 Å². The van der Waals surface area contributed by atoms with Gasteiger partial charge in [-0.05, 0) is 26.2 Å². The lowest BCUT2D eigenvalue weighted by molar-refractivity contribution is 0.0101. The quantitative estimate of drug-likeness (QED) is 0.713. The molecule has 0 amide bonds. The van der Waals surface area contributed by atoms with Crippen LogP contribution in [0.25, 0.3) is 0 Å². The molecule has 0 aromatic carbocycles. The Balaban J connectivity index is 2.50. The molecule has 0 saturated carbocycles. The fourth-order valence-corrected chi connectivity index (χ4v) is 2.41. The van der Waals surface area contributed by atoms with Gasteiger partial charge in [0.1, 0.15) is 0 Å². The first-order valence-corrected chi connectivity index (χ1v) is 5.73. The zero-order valence-corrected chi connectivity index (χ0v) is 9.32. The highest BCUT2D eigenvalue weighted by Gasteiger charge is 2.27. The standard InChI is InChI=1S/C11H23NO2/c1-3-10-6-4-5-9(2)12(10)7-11(14)8-13/h9-11,13-14H,3-8H2,1-2H3/t9-,10?,11-/m0/s1. The monoisotopic (exact) mass is 201 g/mol. The van der Waals surface area contributed by atoms with Crippen molar-refractivity contribution in [1.29, 1.82) is 0 Å². The van der Waals surface area contributed by atoms with Gasteiger partial charge in [0.25, 0.3) is 0 Å². The molecule has 1 saturated heterocycles. The van der Waals surface area contributed by atoms with E-state index < -0.39 is 6.10 Å². The van der Waals surface area contributed by atoms with Crippen LogP contribution in [0.2, 0.25) is 0 Å². The highest BCUT2D eigenvalue weighted by Crippen LogP contribution is 2.24. The van der Waals surface area contributed by atoms with Crippen molar-refractivity contribution in [3.63, 3.8) is 0 Å². The number of hydrogen-bond donors (Lipinski definition) is 2. The third kappa shape index (κ3) is 2.94. The van der Waals surface area contributed by atoms with Gasteiger partial charge in [-0.25, -0.2) is 0 Å². The summed E-state index contributed by atoms with van der Waals surface area (Å²) in [5.41, 5.74) is 0. The maximum Gasteiger partial charge on any atom is 0.0897 e. The fraction of sp³-hybridized carbons (Fsp3) is 1.00. The molecule has 1 heterocycles. The molecule has 14 heavy (non-hydrogen) atoms. The van der Waals surface area contributed by atoms with E-state index in [1.165, 1.54) is 19.3 Å². The molecule has 1 fully saturated rings. The molecule has 0 aromatic rings. The molecule has 1 aliphatic heterocycles. The molecular formula is C11H23NO2. The SMILES string of the molecule is CCC1CCC[C@H](C)N1C[C@H](O)CO. The summed E-state index contributed by atoms with van der Waals surface area (Å²) in [7, 11) is 0. The number of piperidine rings is 1. The van der Waals surface area contributed by atoms with Crippen molar-refractivity contribution < 1.29 is 10.2 Å². The second-order valence-electron chi connectivity index (χ2n) is 4.38. The van der Waals surface area contributed by atoms with E-state index in [1.54, 1.807) is 0 Å². The normalized spacial score (nSPS) is 31.7. The van der Waals surface area contributed by atoms with Crippen LogP contribution >= 0.6 is 0 Å². The highest BCUT2D eigenvalue weighted by molar-refractivity contribution is 4.82. The van der Waals surface area contributed by atoms with Crippen LogP contribution in [0.3, 0.4) is 0 Å². The number of nitrogens with zero attached hydrogens (tertiary/aromatic N) is 1. The predicted molar refractivity (Wildman–Crippen MR) is 57.2 cm³/mol. The van der Waals surface area contributed by atoms with Crippen molar-refractivity contribution in [3.05, 3.63) is 0 Å². The summed E-state index contributed by atoms with van der Waals surface area (Å²) in [5, 5.41) is 18.3. The first-order chi connectivity index (χ1) is 6.69. The van der Waals surface area contributed by atoms with Crippen LogP contribution in [-0.4, -0.2) is 46.5 Å². The number of aliphatic hydroxyl groups is 2. The van der Waals surface area contributed by atoms with E-state index in [2.05, 4.69) is 18.7 Å². The molecule has 1 rings (SSSR count). The van der Waals surface area contributed by atoms with E-state index in [9.17, 15) is 5.11 Å². The van der Waals surface area contributed by atoms with Crippen molar-refractivity contribution in [2.75, 3.05) is 13.2 Å². The summed E-state index contributed by atoms with van der Waals surface area (Å²) in [6.07, 6.45) is 4.31. The second kappa shape index (κ2) is 5.69. The molecule has 0 spiro atoms. The Hall–Kier alpha value is -0.120. The molecule has 0 aliphatic carbocycles. The largest absolute Gasteiger partial charge is 0.394 e. The topological polar surface area (TPSA) is 43.7 Å². The summed E-state index contributed by atoms with van der Waals surface area (Å²) in [5.74, 6) is 0. The Morgan fingerprint density at radius 1 is 1.43 bits per heavy atom. The lowest BCUT2D eigenvalue weighted by atomic mass is 9.94. The van der Waals surface area contributed by atoms with Crippen molar-refractivity contribution in [2.45, 2.75) is 57.7 Å². The third-order valence-electron chi connectivity index (χ3n) is 3.30. The van der Waals surface area contributed by atoms with Gasteiger partial charge in [-0.3, -0.25) is 4.90 Å². The average Bonchev–Trinajstić information content (AvgIpc) is 2.20. The lowest BCUT2D eigenvalue weighted by Gasteiger charge is -2.41. The van der Waals surface area contributed by atoms with E-state index in [1.807, 2.05) is 0 Å². The lowest BCUT2D eigenvalue weighted by Crippen LogP contribution is -2.48. The van der Waals surface area contributed by atoms with Crippen molar-refractivity contribution in [2.24, 2.45) is 0 Å². The van der Waals surface area contributed by atoms with Crippen molar-refractivity contribution in [3.8, 4) is 0 Å². The highest BCUT2D eigenvalue weighted by atomic mass is 16.3. The van der Waals surface area contributed by atoms with Gasteiger partial charge in [-0.2, -0.15) is 0 Å². The molecule has 1 unspecified atom stereocenters. The van der Waals surface area contributed by atoms with Crippen LogP contribution in [-0.2, 0) is 0 Å². The molecule has 1 aliphatic rings. The van der Waals surface area contributed by atoms with Crippen molar-refractivity contribution in [1.82, 2.24) is 4.90 Å². The summed E-state index contributed by atoms with van der Waals surface area (Å²) >= 11 is 0. The number of aliphatic hydroxyl groups excluding tert-OH is 2. The predicted octanol–water partition coefficient (Wildman–Crippen LogP) is 0.993. The molecule has 0 radical (unpaired) electrons. The molecule has 3 atom stereocenters. The van der Waals surface area contributed by atoms with Crippen LogP contribution < -0.4 is 0 Å². The Morgan fingerprint density at radius 2 is 2.14 bits per heavy atom. The third-order valence-corrected chi connectivity index (χ3v) is 3.30. The summed E-state index contributed by atoms with van der Waals surface area (Å²) < 4.78 is 0. The van der Waals surface area contributed by atoms with E-state index >= 15 is 0 Å². The molecular weight excluding hydrogens is 178 g/mol. The number of β-amino-alcohol motifs (C(OH)–C–C–N with tert-alkyl or cyclic N) is 1. The first kappa shape index (κ1) is 12.0. The minimum Gasteiger partial charge on any atom is -0.394 e. The first-order valence-electron chi connectivity index (χ1n) is 5.73. The smallest absolute Gasteiger partial charge is 0.0897 e. The van der Waals surface area contributed by atoms with Crippen molar-refractivity contribution >= 4 is 0 Å². The van der Waals surface area contributed by atoms with E-state index in [0.717, 1.165) is 6.42 Å². The number of hydrogen-bond acceptors (Lipinski definition) is 3. The van der Waals surface area contributed by atoms with E-state index in [4.69, 9.17) is 5.11 Å². The average molecular weight is 201 g/mol. The number of likely N-dealkylation sites (tertiary alicyclic amines) is 1. The molecule has 3 heteroatoms. The van der Waals surface area contributed by atoms with Gasteiger partial charge >= 0.3 is 0 Å². The van der Waals surface area contributed by atoms with Gasteiger partial charge in [0.15, 0.2) is 0 Å².